The van der Waals surface area contributed by atoms with Crippen LogP contribution in [0.25, 0.3) is 5.69 Å². The van der Waals surface area contributed by atoms with Crippen molar-refractivity contribution >= 4 is 11.6 Å². The van der Waals surface area contributed by atoms with Crippen LogP contribution >= 0.6 is 0 Å². The normalized spacial score (nSPS) is 19.5. The average molecular weight is 414 g/mol. The quantitative estimate of drug-likeness (QED) is 0.625. The van der Waals surface area contributed by atoms with Gasteiger partial charge in [-0.15, -0.1) is 0 Å². The Kier molecular flexibility index (Phi) is 4.50. The van der Waals surface area contributed by atoms with Crippen molar-refractivity contribution < 1.29 is 9.53 Å². The molecule has 158 valence electrons. The number of hydrogen-bond acceptors (Lipinski definition) is 4. The van der Waals surface area contributed by atoms with E-state index < -0.39 is 0 Å². The van der Waals surface area contributed by atoms with Gasteiger partial charge in [0.15, 0.2) is 5.78 Å². The zero-order valence-corrected chi connectivity index (χ0v) is 18.4. The van der Waals surface area contributed by atoms with Crippen LogP contribution in [0.3, 0.4) is 0 Å². The van der Waals surface area contributed by atoms with Crippen LogP contribution in [0.2, 0.25) is 0 Å². The molecule has 5 nitrogen and oxygen atoms in total. The first kappa shape index (κ1) is 19.6. The molecule has 0 unspecified atom stereocenters. The second-order valence-corrected chi connectivity index (χ2v) is 9.26. The summed E-state index contributed by atoms with van der Waals surface area (Å²) < 4.78 is 7.46. The van der Waals surface area contributed by atoms with Gasteiger partial charge in [-0.3, -0.25) is 4.79 Å². The summed E-state index contributed by atoms with van der Waals surface area (Å²) in [5.41, 5.74) is 5.83. The van der Waals surface area contributed by atoms with Crippen molar-refractivity contribution in [2.75, 3.05) is 12.4 Å². The van der Waals surface area contributed by atoms with Gasteiger partial charge < -0.3 is 10.1 Å². The monoisotopic (exact) mass is 413 g/mol. The number of aromatic nitrogens is 2. The van der Waals surface area contributed by atoms with Crippen LogP contribution in [0, 0.1) is 12.3 Å². The van der Waals surface area contributed by atoms with Crippen molar-refractivity contribution in [1.82, 2.24) is 9.78 Å². The maximum atomic E-state index is 13.4. The number of nitrogens with zero attached hydrogens (tertiary/aromatic N) is 2. The molecule has 5 rings (SSSR count). The largest absolute Gasteiger partial charge is 0.497 e. The Morgan fingerprint density at radius 3 is 2.61 bits per heavy atom. The summed E-state index contributed by atoms with van der Waals surface area (Å²) in [5, 5.41) is 8.51. The fourth-order valence-corrected chi connectivity index (χ4v) is 4.98. The summed E-state index contributed by atoms with van der Waals surface area (Å²) in [5.74, 6) is 1.78. The van der Waals surface area contributed by atoms with E-state index in [4.69, 9.17) is 9.84 Å². The zero-order chi connectivity index (χ0) is 21.8. The number of rotatable bonds is 3. The first-order chi connectivity index (χ1) is 14.9. The van der Waals surface area contributed by atoms with Crippen LogP contribution in [-0.4, -0.2) is 22.7 Å². The number of ether oxygens (including phenoxy) is 1. The number of benzene rings is 2. The summed E-state index contributed by atoms with van der Waals surface area (Å²) in [6.45, 7) is 6.34. The minimum atomic E-state index is -0.164. The summed E-state index contributed by atoms with van der Waals surface area (Å²) in [6.07, 6.45) is 1.38. The lowest BCUT2D eigenvalue weighted by molar-refractivity contribution is -0.118. The summed E-state index contributed by atoms with van der Waals surface area (Å²) in [4.78, 5) is 13.4. The Bertz CT molecular complexity index is 1200. The standard InChI is InChI=1S/C26H27N3O2/c1-16-22-23(17-9-8-12-19(13-17)31-4)24-20(14-26(2,3)15-21(24)30)27-25(22)29(28-16)18-10-6-5-7-11-18/h5-13,23,27H,14-15H2,1-4H3/t23-/m1/s1. The Labute approximate surface area is 182 Å². The van der Waals surface area contributed by atoms with E-state index in [9.17, 15) is 4.79 Å². The predicted molar refractivity (Wildman–Crippen MR) is 122 cm³/mol. The third kappa shape index (κ3) is 3.25. The first-order valence-electron chi connectivity index (χ1n) is 10.7. The smallest absolute Gasteiger partial charge is 0.162 e. The molecule has 3 aromatic rings. The highest BCUT2D eigenvalue weighted by molar-refractivity contribution is 6.01. The third-order valence-corrected chi connectivity index (χ3v) is 6.30. The van der Waals surface area contributed by atoms with Gasteiger partial charge in [0.25, 0.3) is 0 Å². The molecule has 5 heteroatoms. The molecule has 1 aliphatic heterocycles. The zero-order valence-electron chi connectivity index (χ0n) is 18.4. The highest BCUT2D eigenvalue weighted by Crippen LogP contribution is 2.50. The van der Waals surface area contributed by atoms with E-state index in [-0.39, 0.29) is 17.1 Å². The number of fused-ring (bicyclic) bond motifs is 1. The fraction of sp³-hybridized carbons (Fsp3) is 0.308. The number of ketones is 1. The Hall–Kier alpha value is -3.34. The van der Waals surface area contributed by atoms with E-state index >= 15 is 0 Å². The molecule has 0 bridgehead atoms. The average Bonchev–Trinajstić information content (AvgIpc) is 3.08. The number of anilines is 1. The van der Waals surface area contributed by atoms with Gasteiger partial charge >= 0.3 is 0 Å². The van der Waals surface area contributed by atoms with Crippen LogP contribution in [0.4, 0.5) is 5.82 Å². The predicted octanol–water partition coefficient (Wildman–Crippen LogP) is 5.39. The lowest BCUT2D eigenvalue weighted by Gasteiger charge is -2.38. The summed E-state index contributed by atoms with van der Waals surface area (Å²) in [7, 11) is 1.67. The van der Waals surface area contributed by atoms with E-state index in [1.807, 2.05) is 48.0 Å². The number of aryl methyl sites for hydroxylation is 1. The molecular formula is C26H27N3O2. The molecule has 2 heterocycles. The van der Waals surface area contributed by atoms with Crippen LogP contribution in [0.15, 0.2) is 65.9 Å². The molecule has 1 atom stereocenters. The number of Topliss-reactive ketones (excluding diaryl/α,β-unsaturated/α-hetero) is 1. The SMILES string of the molecule is COc1cccc([C@H]2C3=C(CC(C)(C)CC3=O)Nc3c2c(C)nn3-c2ccccc2)c1. The number of nitrogens with one attached hydrogen (secondary N) is 1. The van der Waals surface area contributed by atoms with Crippen molar-refractivity contribution in [2.45, 2.75) is 39.5 Å². The lowest BCUT2D eigenvalue weighted by Crippen LogP contribution is -2.34. The molecule has 1 N–H and O–H groups in total. The second kappa shape index (κ2) is 7.12. The molecule has 0 radical (unpaired) electrons. The van der Waals surface area contributed by atoms with Crippen molar-refractivity contribution in [1.29, 1.82) is 0 Å². The van der Waals surface area contributed by atoms with Crippen molar-refractivity contribution in [3.05, 3.63) is 82.7 Å². The second-order valence-electron chi connectivity index (χ2n) is 9.26. The number of methoxy groups -OCH3 is 1. The maximum Gasteiger partial charge on any atom is 0.162 e. The summed E-state index contributed by atoms with van der Waals surface area (Å²) in [6, 6.07) is 18.2. The maximum absolute atomic E-state index is 13.4. The number of para-hydroxylation sites is 1. The van der Waals surface area contributed by atoms with E-state index in [0.29, 0.717) is 6.42 Å². The van der Waals surface area contributed by atoms with Gasteiger partial charge in [-0.1, -0.05) is 44.2 Å². The van der Waals surface area contributed by atoms with E-state index in [1.165, 1.54) is 0 Å². The molecule has 0 amide bonds. The Morgan fingerprint density at radius 1 is 1.10 bits per heavy atom. The van der Waals surface area contributed by atoms with Gasteiger partial charge in [0.05, 0.1) is 18.5 Å². The summed E-state index contributed by atoms with van der Waals surface area (Å²) >= 11 is 0. The third-order valence-electron chi connectivity index (χ3n) is 6.30. The number of allylic oxidation sites excluding steroid dienone is 2. The topological polar surface area (TPSA) is 56.1 Å². The van der Waals surface area contributed by atoms with Gasteiger partial charge in [0.2, 0.25) is 0 Å². The minimum absolute atomic E-state index is 0.0774. The molecule has 0 saturated carbocycles. The number of carbonyl (C=O) groups is 1. The minimum Gasteiger partial charge on any atom is -0.497 e. The Balaban J connectivity index is 1.76. The fourth-order valence-electron chi connectivity index (χ4n) is 4.98. The molecule has 0 saturated heterocycles. The van der Waals surface area contributed by atoms with Crippen molar-refractivity contribution in [2.24, 2.45) is 5.41 Å². The molecule has 0 spiro atoms. The molecule has 31 heavy (non-hydrogen) atoms. The number of carbonyl (C=O) groups excluding carboxylic acids is 1. The van der Waals surface area contributed by atoms with Gasteiger partial charge in [-0.2, -0.15) is 5.10 Å². The lowest BCUT2D eigenvalue weighted by atomic mass is 9.69. The van der Waals surface area contributed by atoms with Crippen molar-refractivity contribution in [3.63, 3.8) is 0 Å². The van der Waals surface area contributed by atoms with E-state index in [2.05, 4.69) is 37.4 Å². The van der Waals surface area contributed by atoms with Gasteiger partial charge in [0.1, 0.15) is 11.6 Å². The van der Waals surface area contributed by atoms with Crippen LogP contribution in [0.1, 0.15) is 49.4 Å². The van der Waals surface area contributed by atoms with Gasteiger partial charge in [-0.05, 0) is 48.6 Å². The molecule has 1 aromatic heterocycles. The number of hydrogen-bond donors (Lipinski definition) is 1. The molecule has 2 aromatic carbocycles. The highest BCUT2D eigenvalue weighted by atomic mass is 16.5. The van der Waals surface area contributed by atoms with Crippen LogP contribution in [0.5, 0.6) is 5.75 Å². The van der Waals surface area contributed by atoms with Crippen LogP contribution in [-0.2, 0) is 4.79 Å². The Morgan fingerprint density at radius 2 is 1.87 bits per heavy atom. The molecule has 1 aliphatic carbocycles. The van der Waals surface area contributed by atoms with E-state index in [1.54, 1.807) is 7.11 Å². The first-order valence-corrected chi connectivity index (χ1v) is 10.7. The molecular weight excluding hydrogens is 386 g/mol. The molecule has 0 fully saturated rings. The van der Waals surface area contributed by atoms with Gasteiger partial charge in [-0.25, -0.2) is 4.68 Å². The van der Waals surface area contributed by atoms with E-state index in [0.717, 1.165) is 51.8 Å². The van der Waals surface area contributed by atoms with Crippen molar-refractivity contribution in [3.8, 4) is 11.4 Å². The molecule has 2 aliphatic rings. The van der Waals surface area contributed by atoms with Gasteiger partial charge in [0, 0.05) is 29.2 Å². The highest BCUT2D eigenvalue weighted by Gasteiger charge is 2.43. The van der Waals surface area contributed by atoms with Crippen LogP contribution < -0.4 is 10.1 Å².